The fraction of sp³-hybridized carbons (Fsp3) is 0.529. The summed E-state index contributed by atoms with van der Waals surface area (Å²) in [6.07, 6.45) is -0.395. The number of ether oxygens (including phenoxy) is 3. The molecule has 0 spiro atoms. The average Bonchev–Trinajstić information content (AvgIpc) is 2.97. The Kier molecular flexibility index (Phi) is 7.43. The average molecular weight is 400 g/mol. The van der Waals surface area contributed by atoms with Crippen LogP contribution in [0.4, 0.5) is 15.3 Å². The van der Waals surface area contributed by atoms with E-state index in [1.54, 1.807) is 19.1 Å². The molecule has 1 unspecified atom stereocenters. The Morgan fingerprint density at radius 1 is 1.26 bits per heavy atom. The van der Waals surface area contributed by atoms with Crippen molar-refractivity contribution < 1.29 is 32.2 Å². The third kappa shape index (κ3) is 6.40. The zero-order valence-electron chi connectivity index (χ0n) is 15.3. The van der Waals surface area contributed by atoms with Crippen LogP contribution in [-0.4, -0.2) is 69.9 Å². The third-order valence-electron chi connectivity index (χ3n) is 4.02. The summed E-state index contributed by atoms with van der Waals surface area (Å²) >= 11 is 0. The first-order chi connectivity index (χ1) is 12.8. The number of methoxy groups -OCH3 is 1. The quantitative estimate of drug-likeness (QED) is 0.549. The minimum atomic E-state index is -3.12. The van der Waals surface area contributed by atoms with Crippen molar-refractivity contribution in [1.82, 2.24) is 4.90 Å². The molecule has 0 aliphatic carbocycles. The van der Waals surface area contributed by atoms with Crippen LogP contribution in [0.1, 0.15) is 13.3 Å². The first-order valence-corrected chi connectivity index (χ1v) is 10.4. The van der Waals surface area contributed by atoms with Crippen LogP contribution in [0, 0.1) is 0 Å². The number of carbonyl (C=O) groups excluding carboxylic acids is 2. The predicted octanol–water partition coefficient (Wildman–Crippen LogP) is 1.89. The lowest BCUT2D eigenvalue weighted by atomic mass is 10.2. The van der Waals surface area contributed by atoms with Gasteiger partial charge in [0.15, 0.2) is 9.84 Å². The minimum Gasteiger partial charge on any atom is -0.434 e. The lowest BCUT2D eigenvalue weighted by Crippen LogP contribution is -2.45. The normalized spacial score (nSPS) is 17.9. The Labute approximate surface area is 158 Å². The Morgan fingerprint density at radius 3 is 2.52 bits per heavy atom. The predicted molar refractivity (Wildman–Crippen MR) is 98.8 cm³/mol. The topological polar surface area (TPSA) is 111 Å². The van der Waals surface area contributed by atoms with Gasteiger partial charge in [-0.05, 0) is 37.6 Å². The number of carbonyl (C=O) groups is 2. The fourth-order valence-electron chi connectivity index (χ4n) is 2.71. The Bertz CT molecular complexity index is 749. The smallest absolute Gasteiger partial charge is 0.434 e. The molecule has 1 atom stereocenters. The lowest BCUT2D eigenvalue weighted by molar-refractivity contribution is 0.104. The first-order valence-electron chi connectivity index (χ1n) is 8.56. The van der Waals surface area contributed by atoms with Crippen LogP contribution in [0.3, 0.4) is 0 Å². The van der Waals surface area contributed by atoms with Crippen LogP contribution < -0.4 is 10.1 Å². The van der Waals surface area contributed by atoms with Gasteiger partial charge in [0.25, 0.3) is 0 Å². The fourth-order valence-corrected chi connectivity index (χ4v) is 4.44. The van der Waals surface area contributed by atoms with E-state index in [4.69, 9.17) is 9.47 Å². The summed E-state index contributed by atoms with van der Waals surface area (Å²) in [5.74, 6) is 0.315. The molecule has 27 heavy (non-hydrogen) atoms. The van der Waals surface area contributed by atoms with Gasteiger partial charge in [-0.3, -0.25) is 0 Å². The second kappa shape index (κ2) is 9.56. The molecule has 150 valence electrons. The van der Waals surface area contributed by atoms with E-state index < -0.39 is 22.0 Å². The van der Waals surface area contributed by atoms with E-state index in [9.17, 15) is 18.0 Å². The third-order valence-corrected chi connectivity index (χ3v) is 5.77. The van der Waals surface area contributed by atoms with Gasteiger partial charge in [-0.2, -0.15) is 0 Å². The summed E-state index contributed by atoms with van der Waals surface area (Å²) in [6, 6.07) is 5.40. The highest BCUT2D eigenvalue weighted by atomic mass is 32.2. The highest BCUT2D eigenvalue weighted by molar-refractivity contribution is 7.91. The summed E-state index contributed by atoms with van der Waals surface area (Å²) in [4.78, 5) is 25.4. The maximum Gasteiger partial charge on any atom is 0.513 e. The monoisotopic (exact) mass is 400 g/mol. The van der Waals surface area contributed by atoms with Crippen molar-refractivity contribution in [1.29, 1.82) is 0 Å². The number of nitrogens with one attached hydrogen (secondary N) is 1. The van der Waals surface area contributed by atoms with Crippen LogP contribution in [-0.2, 0) is 19.3 Å². The van der Waals surface area contributed by atoms with Crippen molar-refractivity contribution in [3.8, 4) is 5.75 Å². The number of hydrogen-bond donors (Lipinski definition) is 1. The van der Waals surface area contributed by atoms with Gasteiger partial charge in [-0.1, -0.05) is 0 Å². The molecular weight excluding hydrogens is 376 g/mol. The molecule has 1 saturated heterocycles. The number of sulfone groups is 1. The molecule has 0 radical (unpaired) electrons. The molecule has 0 saturated carbocycles. The molecule has 1 N–H and O–H groups in total. The van der Waals surface area contributed by atoms with Crippen molar-refractivity contribution in [3.05, 3.63) is 24.3 Å². The number of anilines is 1. The molecule has 1 fully saturated rings. The molecule has 1 heterocycles. The molecule has 0 aromatic heterocycles. The van der Waals surface area contributed by atoms with Gasteiger partial charge < -0.3 is 24.4 Å². The number of benzene rings is 1. The van der Waals surface area contributed by atoms with E-state index in [0.717, 1.165) is 0 Å². The van der Waals surface area contributed by atoms with Gasteiger partial charge in [0.05, 0.1) is 24.7 Å². The Morgan fingerprint density at radius 2 is 1.96 bits per heavy atom. The van der Waals surface area contributed by atoms with Gasteiger partial charge in [0.2, 0.25) is 0 Å². The molecule has 1 aromatic carbocycles. The standard InChI is InChI=1S/C17H24N2O7S/c1-3-25-17(21)26-15-6-4-13(5-7-15)18-16(20)19(9-10-24-2)14-8-11-27(22,23)12-14/h4-7,14H,3,8-12H2,1-2H3,(H,18,20). The van der Waals surface area contributed by atoms with Crippen LogP contribution >= 0.6 is 0 Å². The van der Waals surface area contributed by atoms with Crippen molar-refractivity contribution in [3.63, 3.8) is 0 Å². The second-order valence-electron chi connectivity index (χ2n) is 5.98. The molecule has 1 aliphatic heterocycles. The van der Waals surface area contributed by atoms with Gasteiger partial charge in [-0.25, -0.2) is 18.0 Å². The molecular formula is C17H24N2O7S. The van der Waals surface area contributed by atoms with Crippen molar-refractivity contribution in [2.45, 2.75) is 19.4 Å². The molecule has 2 rings (SSSR count). The van der Waals surface area contributed by atoms with Crippen molar-refractivity contribution in [2.24, 2.45) is 0 Å². The number of hydrogen-bond acceptors (Lipinski definition) is 7. The van der Waals surface area contributed by atoms with Gasteiger partial charge in [0, 0.05) is 25.4 Å². The number of rotatable bonds is 7. The zero-order valence-corrected chi connectivity index (χ0v) is 16.2. The van der Waals surface area contributed by atoms with Gasteiger partial charge >= 0.3 is 12.2 Å². The van der Waals surface area contributed by atoms with Crippen LogP contribution in [0.5, 0.6) is 5.75 Å². The lowest BCUT2D eigenvalue weighted by Gasteiger charge is -2.28. The van der Waals surface area contributed by atoms with E-state index in [-0.39, 0.29) is 36.4 Å². The molecule has 0 bridgehead atoms. The molecule has 2 amide bonds. The molecule has 9 nitrogen and oxygen atoms in total. The first kappa shape index (κ1) is 21.0. The van der Waals surface area contributed by atoms with Crippen LogP contribution in [0.2, 0.25) is 0 Å². The van der Waals surface area contributed by atoms with Crippen LogP contribution in [0.25, 0.3) is 0 Å². The summed E-state index contributed by atoms with van der Waals surface area (Å²) in [6.45, 7) is 2.47. The van der Waals surface area contributed by atoms with Gasteiger partial charge in [0.1, 0.15) is 5.75 Å². The highest BCUT2D eigenvalue weighted by Crippen LogP contribution is 2.20. The van der Waals surface area contributed by atoms with E-state index >= 15 is 0 Å². The summed E-state index contributed by atoms with van der Waals surface area (Å²) in [7, 11) is -1.60. The number of amides is 2. The number of urea groups is 1. The molecule has 1 aliphatic rings. The minimum absolute atomic E-state index is 0.0452. The SMILES string of the molecule is CCOC(=O)Oc1ccc(NC(=O)N(CCOC)C2CCS(=O)(=O)C2)cc1. The largest absolute Gasteiger partial charge is 0.513 e. The van der Waals surface area contributed by atoms with E-state index in [2.05, 4.69) is 10.1 Å². The van der Waals surface area contributed by atoms with E-state index in [1.807, 2.05) is 0 Å². The maximum atomic E-state index is 12.6. The Hall–Kier alpha value is -2.33. The van der Waals surface area contributed by atoms with Crippen molar-refractivity contribution in [2.75, 3.05) is 43.7 Å². The summed E-state index contributed by atoms with van der Waals surface area (Å²) in [5.41, 5.74) is 0.486. The highest BCUT2D eigenvalue weighted by Gasteiger charge is 2.34. The molecule has 1 aromatic rings. The zero-order chi connectivity index (χ0) is 19.9. The van der Waals surface area contributed by atoms with Crippen LogP contribution in [0.15, 0.2) is 24.3 Å². The number of nitrogens with zero attached hydrogens (tertiary/aromatic N) is 1. The maximum absolute atomic E-state index is 12.6. The van der Waals surface area contributed by atoms with E-state index in [0.29, 0.717) is 18.7 Å². The summed E-state index contributed by atoms with van der Waals surface area (Å²) < 4.78 is 38.1. The van der Waals surface area contributed by atoms with Gasteiger partial charge in [-0.15, -0.1) is 0 Å². The second-order valence-corrected chi connectivity index (χ2v) is 8.21. The Balaban J connectivity index is 2.00. The molecule has 10 heteroatoms. The van der Waals surface area contributed by atoms with Crippen molar-refractivity contribution >= 4 is 27.7 Å². The summed E-state index contributed by atoms with van der Waals surface area (Å²) in [5, 5.41) is 2.73. The van der Waals surface area contributed by atoms with E-state index in [1.165, 1.54) is 24.1 Å².